The molecule has 0 spiro atoms. The molecule has 1 aliphatic heterocycles. The molecule has 0 amide bonds. The summed E-state index contributed by atoms with van der Waals surface area (Å²) in [5, 5.41) is 10.6. The third kappa shape index (κ3) is 2.12. The molecule has 2 aromatic carbocycles. The number of benzene rings is 2. The van der Waals surface area contributed by atoms with Gasteiger partial charge in [0.2, 0.25) is 5.69 Å². The van der Waals surface area contributed by atoms with Crippen LogP contribution in [-0.4, -0.2) is 10.6 Å². The minimum atomic E-state index is -0.388. The average Bonchev–Trinajstić information content (AvgIpc) is 2.76. The van der Waals surface area contributed by atoms with Gasteiger partial charge in [0.15, 0.2) is 5.71 Å². The molecule has 3 rings (SSSR count). The lowest BCUT2D eigenvalue weighted by Crippen LogP contribution is -2.62. The fourth-order valence-corrected chi connectivity index (χ4v) is 2.34. The summed E-state index contributed by atoms with van der Waals surface area (Å²) in [4.78, 5) is 13.6. The van der Waals surface area contributed by atoms with Crippen LogP contribution in [0.1, 0.15) is 18.1 Å². The van der Waals surface area contributed by atoms with Gasteiger partial charge in [-0.1, -0.05) is 12.1 Å². The summed E-state index contributed by atoms with van der Waals surface area (Å²) in [6.45, 7) is 2.03. The number of non-ortho nitro benzene ring substituents is 1. The first-order chi connectivity index (χ1) is 9.65. The largest absolute Gasteiger partial charge is 0.269 e. The number of rotatable bonds is 2. The number of nitro benzene ring substituents is 1. The molecule has 98 valence electrons. The van der Waals surface area contributed by atoms with Crippen LogP contribution < -0.4 is 4.99 Å². The van der Waals surface area contributed by atoms with E-state index >= 15 is 0 Å². The Bertz CT molecular complexity index is 743. The molecule has 4 heteroatoms. The van der Waals surface area contributed by atoms with Crippen molar-refractivity contribution >= 4 is 28.7 Å². The summed E-state index contributed by atoms with van der Waals surface area (Å²) in [7, 11) is 0. The molecule has 2 aromatic rings. The average molecular weight is 265 g/mol. The highest BCUT2D eigenvalue weighted by Crippen LogP contribution is 2.26. The minimum Gasteiger partial charge on any atom is -0.258 e. The van der Waals surface area contributed by atoms with Crippen molar-refractivity contribution < 1.29 is 9.92 Å². The van der Waals surface area contributed by atoms with E-state index in [1.807, 2.05) is 31.2 Å². The first kappa shape index (κ1) is 12.3. The number of nitrogens with zero attached hydrogens (tertiary/aromatic N) is 1. The van der Waals surface area contributed by atoms with Gasteiger partial charge in [0.1, 0.15) is 0 Å². The highest BCUT2D eigenvalue weighted by molar-refractivity contribution is 6.27. The van der Waals surface area contributed by atoms with Crippen molar-refractivity contribution in [3.05, 3.63) is 69.8 Å². The molecule has 0 unspecified atom stereocenters. The van der Waals surface area contributed by atoms with Gasteiger partial charge >= 0.3 is 0 Å². The quantitative estimate of drug-likeness (QED) is 0.669. The molecule has 0 fully saturated rings. The zero-order valence-corrected chi connectivity index (χ0v) is 11.0. The van der Waals surface area contributed by atoms with Crippen LogP contribution in [0.15, 0.2) is 48.5 Å². The summed E-state index contributed by atoms with van der Waals surface area (Å²) in [5.41, 5.74) is 5.52. The zero-order chi connectivity index (χ0) is 14.1. The SMILES string of the molecule is CC1=[NH+]c2ccccc2/C1=C/c1ccc([N+](=O)[O-])cc1. The van der Waals surface area contributed by atoms with E-state index in [0.717, 1.165) is 28.1 Å². The Balaban J connectivity index is 2.01. The molecule has 0 atom stereocenters. The van der Waals surface area contributed by atoms with Crippen LogP contribution in [-0.2, 0) is 0 Å². The van der Waals surface area contributed by atoms with Crippen LogP contribution in [0.25, 0.3) is 11.6 Å². The van der Waals surface area contributed by atoms with Gasteiger partial charge in [-0.25, -0.2) is 4.99 Å². The van der Waals surface area contributed by atoms with E-state index in [9.17, 15) is 10.1 Å². The lowest BCUT2D eigenvalue weighted by Gasteiger charge is -1.98. The number of nitro groups is 1. The second-order valence-corrected chi connectivity index (χ2v) is 4.70. The summed E-state index contributed by atoms with van der Waals surface area (Å²) >= 11 is 0. The zero-order valence-electron chi connectivity index (χ0n) is 11.0. The molecule has 0 saturated heterocycles. The van der Waals surface area contributed by atoms with Crippen molar-refractivity contribution in [1.29, 1.82) is 0 Å². The molecule has 0 saturated carbocycles. The Morgan fingerprint density at radius 1 is 1.10 bits per heavy atom. The van der Waals surface area contributed by atoms with Crippen LogP contribution in [0.3, 0.4) is 0 Å². The van der Waals surface area contributed by atoms with E-state index in [2.05, 4.69) is 11.1 Å². The molecule has 0 bridgehead atoms. The lowest BCUT2D eigenvalue weighted by molar-refractivity contribution is -0.384. The van der Waals surface area contributed by atoms with Crippen LogP contribution in [0.2, 0.25) is 0 Å². The second-order valence-electron chi connectivity index (χ2n) is 4.70. The number of hydrogen-bond acceptors (Lipinski definition) is 2. The Morgan fingerprint density at radius 3 is 2.50 bits per heavy atom. The summed E-state index contributed by atoms with van der Waals surface area (Å²) < 4.78 is 0. The number of para-hydroxylation sites is 1. The Hall–Kier alpha value is -2.75. The first-order valence-electron chi connectivity index (χ1n) is 6.31. The van der Waals surface area contributed by atoms with Gasteiger partial charge in [0.05, 0.1) is 16.1 Å². The molecular weight excluding hydrogens is 252 g/mol. The van der Waals surface area contributed by atoms with Crippen molar-refractivity contribution in [3.8, 4) is 0 Å². The maximum absolute atomic E-state index is 10.6. The Kier molecular flexibility index (Phi) is 2.91. The van der Waals surface area contributed by atoms with Gasteiger partial charge in [-0.15, -0.1) is 0 Å². The van der Waals surface area contributed by atoms with E-state index in [-0.39, 0.29) is 10.6 Å². The third-order valence-corrected chi connectivity index (χ3v) is 3.36. The monoisotopic (exact) mass is 265 g/mol. The predicted molar refractivity (Wildman–Crippen MR) is 78.7 cm³/mol. The van der Waals surface area contributed by atoms with E-state index in [1.54, 1.807) is 12.1 Å². The minimum absolute atomic E-state index is 0.109. The molecule has 1 aliphatic rings. The lowest BCUT2D eigenvalue weighted by atomic mass is 10.0. The smallest absolute Gasteiger partial charge is 0.258 e. The highest BCUT2D eigenvalue weighted by atomic mass is 16.6. The molecule has 0 radical (unpaired) electrons. The topological polar surface area (TPSA) is 57.1 Å². The van der Waals surface area contributed by atoms with Crippen LogP contribution in [0.5, 0.6) is 0 Å². The van der Waals surface area contributed by atoms with Crippen LogP contribution in [0, 0.1) is 10.1 Å². The van der Waals surface area contributed by atoms with E-state index in [4.69, 9.17) is 0 Å². The molecule has 1 N–H and O–H groups in total. The van der Waals surface area contributed by atoms with Gasteiger partial charge in [-0.2, -0.15) is 0 Å². The number of hydrogen-bond donors (Lipinski definition) is 1. The van der Waals surface area contributed by atoms with Gasteiger partial charge in [0.25, 0.3) is 5.69 Å². The summed E-state index contributed by atoms with van der Waals surface area (Å²) in [6, 6.07) is 14.7. The normalized spacial score (nSPS) is 15.1. The number of fused-ring (bicyclic) bond motifs is 1. The maximum Gasteiger partial charge on any atom is 0.269 e. The molecule has 1 heterocycles. The third-order valence-electron chi connectivity index (χ3n) is 3.36. The van der Waals surface area contributed by atoms with Crippen molar-refractivity contribution in [1.82, 2.24) is 0 Å². The highest BCUT2D eigenvalue weighted by Gasteiger charge is 2.23. The number of nitrogens with one attached hydrogen (secondary N) is 1. The van der Waals surface area contributed by atoms with E-state index in [1.165, 1.54) is 12.1 Å². The fraction of sp³-hybridized carbons (Fsp3) is 0.0625. The number of allylic oxidation sites excluding steroid dienone is 1. The van der Waals surface area contributed by atoms with E-state index < -0.39 is 0 Å². The molecule has 0 aliphatic carbocycles. The molecule has 4 nitrogen and oxygen atoms in total. The molecule has 0 aromatic heterocycles. The van der Waals surface area contributed by atoms with E-state index in [0.29, 0.717) is 0 Å². The fourth-order valence-electron chi connectivity index (χ4n) is 2.34. The molecule has 20 heavy (non-hydrogen) atoms. The van der Waals surface area contributed by atoms with Crippen LogP contribution >= 0.6 is 0 Å². The standard InChI is InChI=1S/C16H12N2O2/c1-11-15(14-4-2-3-5-16(14)17-11)10-12-6-8-13(9-7-12)18(19)20/h2-10H,1H3/p+1/b15-10+. The second kappa shape index (κ2) is 4.74. The van der Waals surface area contributed by atoms with Crippen molar-refractivity contribution in [2.24, 2.45) is 0 Å². The van der Waals surface area contributed by atoms with Crippen molar-refractivity contribution in [3.63, 3.8) is 0 Å². The Morgan fingerprint density at radius 2 is 1.80 bits per heavy atom. The van der Waals surface area contributed by atoms with Crippen LogP contribution in [0.4, 0.5) is 11.4 Å². The van der Waals surface area contributed by atoms with Gasteiger partial charge < -0.3 is 0 Å². The maximum atomic E-state index is 10.6. The summed E-state index contributed by atoms with van der Waals surface area (Å²) in [5.74, 6) is 0. The first-order valence-corrected chi connectivity index (χ1v) is 6.31. The Labute approximate surface area is 116 Å². The van der Waals surface area contributed by atoms with Crippen molar-refractivity contribution in [2.75, 3.05) is 0 Å². The van der Waals surface area contributed by atoms with Gasteiger partial charge in [0, 0.05) is 25.1 Å². The van der Waals surface area contributed by atoms with Crippen molar-refractivity contribution in [2.45, 2.75) is 6.92 Å². The molecular formula is C16H13N2O2+. The van der Waals surface area contributed by atoms with Gasteiger partial charge in [-0.3, -0.25) is 10.1 Å². The van der Waals surface area contributed by atoms with Gasteiger partial charge in [-0.05, 0) is 29.8 Å². The predicted octanol–water partition coefficient (Wildman–Crippen LogP) is 2.32. The summed E-state index contributed by atoms with van der Waals surface area (Å²) in [6.07, 6.45) is 2.04.